The molecular weight excluding hydrogens is 270 g/mol. The van der Waals surface area contributed by atoms with Crippen molar-refractivity contribution < 1.29 is 19.1 Å². The smallest absolute Gasteiger partial charge is 0.303 e. The zero-order valence-corrected chi connectivity index (χ0v) is 14.4. The van der Waals surface area contributed by atoms with Gasteiger partial charge in [-0.2, -0.15) is 0 Å². The van der Waals surface area contributed by atoms with Crippen LogP contribution in [0.4, 0.5) is 0 Å². The van der Waals surface area contributed by atoms with Gasteiger partial charge in [-0.1, -0.05) is 27.7 Å². The van der Waals surface area contributed by atoms with Crippen molar-refractivity contribution in [2.45, 2.75) is 60.5 Å². The number of Topliss-reactive ketones (excluding diaryl/α,β-unsaturated/α-hetero) is 1. The Hall–Kier alpha value is -1.39. The minimum Gasteiger partial charge on any atom is -0.458 e. The van der Waals surface area contributed by atoms with E-state index in [1.165, 1.54) is 6.92 Å². The summed E-state index contributed by atoms with van der Waals surface area (Å²) in [4.78, 5) is 36.8. The summed E-state index contributed by atoms with van der Waals surface area (Å²) in [7, 11) is 0. The van der Waals surface area contributed by atoms with Gasteiger partial charge in [0.1, 0.15) is 11.4 Å². The topological polar surface area (TPSA) is 63.7 Å². The molecule has 0 N–H and O–H groups in total. The van der Waals surface area contributed by atoms with Gasteiger partial charge in [0.25, 0.3) is 0 Å². The second kappa shape index (κ2) is 8.15. The lowest BCUT2D eigenvalue weighted by atomic mass is 10.0. The predicted molar refractivity (Wildman–Crippen MR) is 81.7 cm³/mol. The first-order valence-electron chi connectivity index (χ1n) is 7.47. The minimum absolute atomic E-state index is 0.0354. The highest BCUT2D eigenvalue weighted by Gasteiger charge is 2.29. The van der Waals surface area contributed by atoms with Crippen molar-refractivity contribution in [2.24, 2.45) is 11.8 Å². The third kappa shape index (κ3) is 7.83. The molecule has 5 heteroatoms. The summed E-state index contributed by atoms with van der Waals surface area (Å²) < 4.78 is 5.23. The molecule has 1 amide bonds. The zero-order valence-electron chi connectivity index (χ0n) is 14.4. The normalized spacial score (nSPS) is 11.7. The molecule has 0 aromatic carbocycles. The van der Waals surface area contributed by atoms with Gasteiger partial charge in [-0.25, -0.2) is 0 Å². The lowest BCUT2D eigenvalue weighted by Crippen LogP contribution is -2.46. The number of carbonyl (C=O) groups excluding carboxylic acids is 3. The number of hydrogen-bond donors (Lipinski definition) is 0. The van der Waals surface area contributed by atoms with Crippen LogP contribution in [0, 0.1) is 11.8 Å². The highest BCUT2D eigenvalue weighted by molar-refractivity contribution is 5.82. The third-order valence-electron chi connectivity index (χ3n) is 3.07. The van der Waals surface area contributed by atoms with Crippen molar-refractivity contribution in [3.8, 4) is 0 Å². The Morgan fingerprint density at radius 2 is 1.57 bits per heavy atom. The first-order chi connectivity index (χ1) is 9.46. The fraction of sp³-hybridized carbons (Fsp3) is 0.812. The monoisotopic (exact) mass is 299 g/mol. The van der Waals surface area contributed by atoms with Gasteiger partial charge in [-0.3, -0.25) is 14.4 Å². The molecule has 122 valence electrons. The highest BCUT2D eigenvalue weighted by Crippen LogP contribution is 2.15. The van der Waals surface area contributed by atoms with Crippen molar-refractivity contribution in [1.29, 1.82) is 0 Å². The Balaban J connectivity index is 4.86. The lowest BCUT2D eigenvalue weighted by molar-refractivity contribution is -0.158. The van der Waals surface area contributed by atoms with Crippen molar-refractivity contribution in [2.75, 3.05) is 13.1 Å². The molecule has 0 bridgehead atoms. The molecule has 21 heavy (non-hydrogen) atoms. The van der Waals surface area contributed by atoms with Crippen LogP contribution < -0.4 is 0 Å². The van der Waals surface area contributed by atoms with E-state index >= 15 is 0 Å². The van der Waals surface area contributed by atoms with Crippen LogP contribution in [0.15, 0.2) is 0 Å². The summed E-state index contributed by atoms with van der Waals surface area (Å²) in [5.74, 6) is -0.487. The van der Waals surface area contributed by atoms with Crippen molar-refractivity contribution >= 4 is 17.7 Å². The Kier molecular flexibility index (Phi) is 7.61. The first-order valence-corrected chi connectivity index (χ1v) is 7.47. The van der Waals surface area contributed by atoms with Crippen molar-refractivity contribution in [1.82, 2.24) is 4.90 Å². The van der Waals surface area contributed by atoms with E-state index in [4.69, 9.17) is 4.74 Å². The maximum Gasteiger partial charge on any atom is 0.303 e. The van der Waals surface area contributed by atoms with Crippen LogP contribution in [0.2, 0.25) is 0 Å². The molecule has 0 aromatic heterocycles. The molecule has 0 saturated heterocycles. The molecular formula is C16H29NO4. The molecule has 0 aliphatic rings. The standard InChI is InChI=1S/C16H29NO4/c1-11(2)14(19)8-9-17(15(20)12(3)4)10-16(6,7)21-13(5)18/h11-12H,8-10H2,1-7H3. The van der Waals surface area contributed by atoms with E-state index in [0.717, 1.165) is 0 Å². The number of ketones is 1. The van der Waals surface area contributed by atoms with E-state index in [1.54, 1.807) is 18.7 Å². The van der Waals surface area contributed by atoms with Gasteiger partial charge in [0.2, 0.25) is 5.91 Å². The molecule has 0 aliphatic carbocycles. The average Bonchev–Trinajstić information content (AvgIpc) is 2.30. The quantitative estimate of drug-likeness (QED) is 0.646. The molecule has 0 rings (SSSR count). The second-order valence-corrected chi connectivity index (χ2v) is 6.64. The number of ether oxygens (including phenoxy) is 1. The second-order valence-electron chi connectivity index (χ2n) is 6.64. The summed E-state index contributed by atoms with van der Waals surface area (Å²) in [5, 5.41) is 0. The SMILES string of the molecule is CC(=O)OC(C)(C)CN(CCC(=O)C(C)C)C(=O)C(C)C. The maximum absolute atomic E-state index is 12.3. The Labute approximate surface area is 128 Å². The summed E-state index contributed by atoms with van der Waals surface area (Å²) in [6, 6.07) is 0. The summed E-state index contributed by atoms with van der Waals surface area (Å²) in [6.45, 7) is 12.8. The molecule has 0 spiro atoms. The van der Waals surface area contributed by atoms with Crippen molar-refractivity contribution in [3.05, 3.63) is 0 Å². The zero-order chi connectivity index (χ0) is 16.8. The fourth-order valence-corrected chi connectivity index (χ4v) is 2.05. The molecule has 5 nitrogen and oxygen atoms in total. The molecule has 0 unspecified atom stereocenters. The molecule has 0 aliphatic heterocycles. The molecule has 0 heterocycles. The van der Waals surface area contributed by atoms with Crippen LogP contribution in [-0.4, -0.2) is 41.3 Å². The fourth-order valence-electron chi connectivity index (χ4n) is 2.05. The first kappa shape index (κ1) is 19.6. The van der Waals surface area contributed by atoms with Crippen LogP contribution in [0.25, 0.3) is 0 Å². The number of nitrogens with zero attached hydrogens (tertiary/aromatic N) is 1. The van der Waals surface area contributed by atoms with E-state index in [1.807, 2.05) is 27.7 Å². The van der Waals surface area contributed by atoms with Gasteiger partial charge in [-0.15, -0.1) is 0 Å². The van der Waals surface area contributed by atoms with Crippen molar-refractivity contribution in [3.63, 3.8) is 0 Å². The largest absolute Gasteiger partial charge is 0.458 e. The van der Waals surface area contributed by atoms with Gasteiger partial charge >= 0.3 is 5.97 Å². The Morgan fingerprint density at radius 1 is 1.05 bits per heavy atom. The predicted octanol–water partition coefficient (Wildman–Crippen LogP) is 2.43. The molecule has 0 radical (unpaired) electrons. The summed E-state index contributed by atoms with van der Waals surface area (Å²) in [6.07, 6.45) is 0.326. The number of rotatable bonds is 8. The van der Waals surface area contributed by atoms with Crippen LogP contribution in [0.3, 0.4) is 0 Å². The maximum atomic E-state index is 12.3. The van der Waals surface area contributed by atoms with Gasteiger partial charge in [0.05, 0.1) is 6.54 Å². The highest BCUT2D eigenvalue weighted by atomic mass is 16.6. The lowest BCUT2D eigenvalue weighted by Gasteiger charge is -2.33. The summed E-state index contributed by atoms with van der Waals surface area (Å²) in [5.41, 5.74) is -0.767. The molecule has 0 aromatic rings. The minimum atomic E-state index is -0.767. The van der Waals surface area contributed by atoms with Gasteiger partial charge in [-0.05, 0) is 13.8 Å². The Bertz CT molecular complexity index is 386. The number of amides is 1. The molecule has 0 atom stereocenters. The van der Waals surface area contributed by atoms with E-state index in [-0.39, 0.29) is 36.0 Å². The van der Waals surface area contributed by atoms with Gasteiger partial charge < -0.3 is 9.64 Å². The molecule has 0 saturated carbocycles. The van der Waals surface area contributed by atoms with E-state index in [2.05, 4.69) is 0 Å². The van der Waals surface area contributed by atoms with Gasteiger partial charge in [0, 0.05) is 31.7 Å². The third-order valence-corrected chi connectivity index (χ3v) is 3.07. The Morgan fingerprint density at radius 3 is 1.95 bits per heavy atom. The van der Waals surface area contributed by atoms with E-state index in [0.29, 0.717) is 13.0 Å². The summed E-state index contributed by atoms with van der Waals surface area (Å²) >= 11 is 0. The number of esters is 1. The van der Waals surface area contributed by atoms with E-state index in [9.17, 15) is 14.4 Å². The van der Waals surface area contributed by atoms with Crippen LogP contribution >= 0.6 is 0 Å². The van der Waals surface area contributed by atoms with Gasteiger partial charge in [0.15, 0.2) is 0 Å². The number of carbonyl (C=O) groups is 3. The van der Waals surface area contributed by atoms with Crippen LogP contribution in [0.1, 0.15) is 54.9 Å². The molecule has 0 fully saturated rings. The number of hydrogen-bond acceptors (Lipinski definition) is 4. The average molecular weight is 299 g/mol. The van der Waals surface area contributed by atoms with E-state index < -0.39 is 5.60 Å². The van der Waals surface area contributed by atoms with Crippen LogP contribution in [-0.2, 0) is 19.1 Å². The van der Waals surface area contributed by atoms with Crippen LogP contribution in [0.5, 0.6) is 0 Å².